The van der Waals surface area contributed by atoms with Crippen molar-refractivity contribution in [2.75, 3.05) is 20.2 Å². The number of benzene rings is 2. The Kier molecular flexibility index (Phi) is 4.92. The highest BCUT2D eigenvalue weighted by Gasteiger charge is 2.34. The fraction of sp³-hybridized carbons (Fsp3) is 0.304. The van der Waals surface area contributed by atoms with Gasteiger partial charge < -0.3 is 14.8 Å². The number of likely N-dealkylation sites (tertiary alicyclic amines) is 1. The van der Waals surface area contributed by atoms with E-state index in [0.717, 1.165) is 52.1 Å². The lowest BCUT2D eigenvalue weighted by atomic mass is 9.95. The molecule has 5 rings (SSSR count). The van der Waals surface area contributed by atoms with Crippen LogP contribution in [0.3, 0.4) is 0 Å². The van der Waals surface area contributed by atoms with Gasteiger partial charge in [0.05, 0.1) is 22.3 Å². The predicted octanol–water partition coefficient (Wildman–Crippen LogP) is 4.79. The molecule has 7 heteroatoms. The fourth-order valence-corrected chi connectivity index (χ4v) is 5.56. The Hall–Kier alpha value is -2.90. The van der Waals surface area contributed by atoms with Crippen LogP contribution in [0.15, 0.2) is 48.7 Å². The van der Waals surface area contributed by atoms with Gasteiger partial charge in [-0.1, -0.05) is 12.1 Å². The van der Waals surface area contributed by atoms with Gasteiger partial charge in [0, 0.05) is 35.1 Å². The average molecular weight is 422 g/mol. The molecule has 0 saturated carbocycles. The fourth-order valence-electron chi connectivity index (χ4n) is 4.47. The summed E-state index contributed by atoms with van der Waals surface area (Å²) in [6, 6.07) is 13.2. The summed E-state index contributed by atoms with van der Waals surface area (Å²) in [6.07, 6.45) is 3.81. The zero-order valence-corrected chi connectivity index (χ0v) is 17.5. The topological polar surface area (TPSA) is 78.5 Å². The van der Waals surface area contributed by atoms with E-state index in [2.05, 4.69) is 16.0 Å². The van der Waals surface area contributed by atoms with Gasteiger partial charge in [0.2, 0.25) is 0 Å². The number of rotatable bonds is 5. The third kappa shape index (κ3) is 3.34. The van der Waals surface area contributed by atoms with E-state index in [9.17, 15) is 9.90 Å². The molecular formula is C23H23N3O3S. The molecule has 1 fully saturated rings. The third-order valence-electron chi connectivity index (χ3n) is 5.93. The SMILES string of the molecule is COc1ccc2[nH]cc([C@H](C(=O)O)N3CCC[C@H](c4nc5ccccc5s4)C3)c2c1. The van der Waals surface area contributed by atoms with Crippen LogP contribution >= 0.6 is 11.3 Å². The Bertz CT molecular complexity index is 1180. The van der Waals surface area contributed by atoms with E-state index in [1.165, 1.54) is 4.70 Å². The highest BCUT2D eigenvalue weighted by Crippen LogP contribution is 2.38. The molecule has 4 aromatic rings. The van der Waals surface area contributed by atoms with Crippen molar-refractivity contribution in [2.24, 2.45) is 0 Å². The summed E-state index contributed by atoms with van der Waals surface area (Å²) in [4.78, 5) is 22.5. The van der Waals surface area contributed by atoms with Crippen LogP contribution in [-0.2, 0) is 4.79 Å². The first-order valence-electron chi connectivity index (χ1n) is 10.1. The number of hydrogen-bond acceptors (Lipinski definition) is 5. The van der Waals surface area contributed by atoms with Gasteiger partial charge >= 0.3 is 5.97 Å². The molecule has 3 heterocycles. The van der Waals surface area contributed by atoms with Crippen molar-refractivity contribution in [3.05, 3.63) is 59.2 Å². The molecule has 1 aliphatic heterocycles. The quantitative estimate of drug-likeness (QED) is 0.484. The van der Waals surface area contributed by atoms with Gasteiger partial charge in [0.15, 0.2) is 0 Å². The van der Waals surface area contributed by atoms with Crippen LogP contribution in [0.2, 0.25) is 0 Å². The highest BCUT2D eigenvalue weighted by molar-refractivity contribution is 7.18. The number of hydrogen-bond donors (Lipinski definition) is 2. The Morgan fingerprint density at radius 3 is 3.00 bits per heavy atom. The molecule has 1 saturated heterocycles. The van der Waals surface area contributed by atoms with Crippen LogP contribution in [-0.4, -0.2) is 46.1 Å². The van der Waals surface area contributed by atoms with Crippen LogP contribution in [0, 0.1) is 0 Å². The summed E-state index contributed by atoms with van der Waals surface area (Å²) >= 11 is 1.72. The zero-order chi connectivity index (χ0) is 20.7. The van der Waals surface area contributed by atoms with Crippen molar-refractivity contribution in [3.8, 4) is 5.75 Å². The van der Waals surface area contributed by atoms with Crippen molar-refractivity contribution in [1.82, 2.24) is 14.9 Å². The molecule has 0 spiro atoms. The molecule has 154 valence electrons. The molecule has 2 N–H and O–H groups in total. The Morgan fingerprint density at radius 2 is 2.20 bits per heavy atom. The number of nitrogens with one attached hydrogen (secondary N) is 1. The third-order valence-corrected chi connectivity index (χ3v) is 7.13. The zero-order valence-electron chi connectivity index (χ0n) is 16.7. The van der Waals surface area contributed by atoms with Gasteiger partial charge in [-0.15, -0.1) is 11.3 Å². The molecule has 0 unspecified atom stereocenters. The van der Waals surface area contributed by atoms with Gasteiger partial charge in [-0.2, -0.15) is 0 Å². The molecule has 30 heavy (non-hydrogen) atoms. The number of fused-ring (bicyclic) bond motifs is 2. The van der Waals surface area contributed by atoms with E-state index in [-0.39, 0.29) is 5.92 Å². The van der Waals surface area contributed by atoms with Gasteiger partial charge in [-0.05, 0) is 49.7 Å². The van der Waals surface area contributed by atoms with Crippen LogP contribution < -0.4 is 4.74 Å². The number of aromatic nitrogens is 2. The van der Waals surface area contributed by atoms with Crippen LogP contribution in [0.5, 0.6) is 5.75 Å². The number of piperidine rings is 1. The number of methoxy groups -OCH3 is 1. The molecule has 2 aromatic carbocycles. The lowest BCUT2D eigenvalue weighted by molar-refractivity contribution is -0.144. The van der Waals surface area contributed by atoms with Gasteiger partial charge in [0.1, 0.15) is 11.8 Å². The summed E-state index contributed by atoms with van der Waals surface area (Å²) < 4.78 is 6.54. The standard InChI is InChI=1S/C23H23N3O3S/c1-29-15-8-9-18-16(11-15)17(12-24-18)21(23(27)28)26-10-4-5-14(13-26)22-25-19-6-2-3-7-20(19)30-22/h2-3,6-9,11-12,14,21,24H,4-5,10,13H2,1H3,(H,27,28)/t14-,21+/m0/s1. The second-order valence-electron chi connectivity index (χ2n) is 7.75. The maximum atomic E-state index is 12.4. The number of carbonyl (C=O) groups is 1. The van der Waals surface area contributed by atoms with Gasteiger partial charge in [-0.25, -0.2) is 4.98 Å². The number of H-pyrrole nitrogens is 1. The van der Waals surface area contributed by atoms with E-state index in [1.54, 1.807) is 18.4 Å². The Labute approximate surface area is 178 Å². The second-order valence-corrected chi connectivity index (χ2v) is 8.81. The molecule has 2 aromatic heterocycles. The maximum Gasteiger partial charge on any atom is 0.325 e. The largest absolute Gasteiger partial charge is 0.497 e. The monoisotopic (exact) mass is 421 g/mol. The molecule has 0 aliphatic carbocycles. The van der Waals surface area contributed by atoms with E-state index >= 15 is 0 Å². The lowest BCUT2D eigenvalue weighted by Crippen LogP contribution is -2.40. The number of para-hydroxylation sites is 1. The minimum atomic E-state index is -0.830. The summed E-state index contributed by atoms with van der Waals surface area (Å²) in [5.41, 5.74) is 2.71. The van der Waals surface area contributed by atoms with Crippen LogP contribution in [0.25, 0.3) is 21.1 Å². The predicted molar refractivity (Wildman–Crippen MR) is 118 cm³/mol. The van der Waals surface area contributed by atoms with Crippen molar-refractivity contribution < 1.29 is 14.6 Å². The van der Waals surface area contributed by atoms with Crippen molar-refractivity contribution in [1.29, 1.82) is 0 Å². The number of nitrogens with zero attached hydrogens (tertiary/aromatic N) is 2. The first-order valence-corrected chi connectivity index (χ1v) is 10.9. The van der Waals surface area contributed by atoms with Crippen LogP contribution in [0.4, 0.5) is 0 Å². The minimum absolute atomic E-state index is 0.248. The lowest BCUT2D eigenvalue weighted by Gasteiger charge is -2.35. The Balaban J connectivity index is 1.48. The molecule has 0 bridgehead atoms. The second kappa shape index (κ2) is 7.74. The first-order chi connectivity index (χ1) is 14.6. The smallest absolute Gasteiger partial charge is 0.325 e. The molecule has 0 amide bonds. The minimum Gasteiger partial charge on any atom is -0.497 e. The van der Waals surface area contributed by atoms with Gasteiger partial charge in [-0.3, -0.25) is 9.69 Å². The van der Waals surface area contributed by atoms with E-state index in [4.69, 9.17) is 9.72 Å². The number of thiazole rings is 1. The first kappa shape index (κ1) is 19.1. The van der Waals surface area contributed by atoms with E-state index < -0.39 is 12.0 Å². The summed E-state index contributed by atoms with van der Waals surface area (Å²) in [5.74, 6) is 0.139. The molecule has 6 nitrogen and oxygen atoms in total. The highest BCUT2D eigenvalue weighted by atomic mass is 32.1. The number of carboxylic acid groups (broad SMARTS) is 1. The molecular weight excluding hydrogens is 398 g/mol. The molecule has 1 aliphatic rings. The van der Waals surface area contributed by atoms with Gasteiger partial charge in [0.25, 0.3) is 0 Å². The van der Waals surface area contributed by atoms with Crippen molar-refractivity contribution in [2.45, 2.75) is 24.8 Å². The van der Waals surface area contributed by atoms with Crippen LogP contribution in [0.1, 0.15) is 35.4 Å². The Morgan fingerprint density at radius 1 is 1.33 bits per heavy atom. The molecule has 2 atom stereocenters. The normalized spacial score (nSPS) is 18.6. The maximum absolute atomic E-state index is 12.4. The van der Waals surface area contributed by atoms with E-state index in [0.29, 0.717) is 6.54 Å². The summed E-state index contributed by atoms with van der Waals surface area (Å²) in [5, 5.41) is 12.1. The summed E-state index contributed by atoms with van der Waals surface area (Å²) in [6.45, 7) is 1.45. The van der Waals surface area contributed by atoms with Crippen molar-refractivity contribution in [3.63, 3.8) is 0 Å². The number of ether oxygens (including phenoxy) is 1. The number of carboxylic acids is 1. The van der Waals surface area contributed by atoms with Crippen molar-refractivity contribution >= 4 is 38.4 Å². The average Bonchev–Trinajstić information content (AvgIpc) is 3.38. The summed E-state index contributed by atoms with van der Waals surface area (Å²) in [7, 11) is 1.62. The van der Waals surface area contributed by atoms with E-state index in [1.807, 2.05) is 42.6 Å². The number of aromatic amines is 1. The number of aliphatic carboxylic acids is 1. The molecule has 0 radical (unpaired) electrons.